The number of nitrogens with one attached hydrogen (secondary N) is 2. The lowest BCUT2D eigenvalue weighted by atomic mass is 10.1. The van der Waals surface area contributed by atoms with Crippen LogP contribution in [0.25, 0.3) is 0 Å². The third-order valence-electron chi connectivity index (χ3n) is 4.58. The van der Waals surface area contributed by atoms with Gasteiger partial charge in [0.05, 0.1) is 12.7 Å². The van der Waals surface area contributed by atoms with Crippen LogP contribution in [0.1, 0.15) is 43.1 Å². The van der Waals surface area contributed by atoms with Gasteiger partial charge in [-0.05, 0) is 43.4 Å². The Morgan fingerprint density at radius 1 is 1.21 bits per heavy atom. The Kier molecular flexibility index (Phi) is 6.44. The van der Waals surface area contributed by atoms with Crippen molar-refractivity contribution in [1.29, 1.82) is 0 Å². The number of carbonyl (C=O) groups is 2. The third-order valence-corrected chi connectivity index (χ3v) is 6.46. The van der Waals surface area contributed by atoms with E-state index in [9.17, 15) is 9.59 Å². The first kappa shape index (κ1) is 21.2. The van der Waals surface area contributed by atoms with Crippen molar-refractivity contribution in [2.45, 2.75) is 36.1 Å². The SMILES string of the molecule is COC(=O)c1c(NC(NC(=O)c2ccccc2C)C(Cl)(Cl)Cl)sc2c1CCC2. The Hall–Kier alpha value is -1.47. The van der Waals surface area contributed by atoms with Crippen LogP contribution in [0.5, 0.6) is 0 Å². The summed E-state index contributed by atoms with van der Waals surface area (Å²) in [6.45, 7) is 1.83. The lowest BCUT2D eigenvalue weighted by Crippen LogP contribution is -2.49. The van der Waals surface area contributed by atoms with Crippen LogP contribution in [0, 0.1) is 6.92 Å². The van der Waals surface area contributed by atoms with Crippen LogP contribution >= 0.6 is 46.1 Å². The van der Waals surface area contributed by atoms with Gasteiger partial charge in [-0.2, -0.15) is 0 Å². The number of thiophene rings is 1. The van der Waals surface area contributed by atoms with E-state index in [4.69, 9.17) is 39.5 Å². The van der Waals surface area contributed by atoms with Gasteiger partial charge in [0.15, 0.2) is 0 Å². The molecule has 0 aliphatic heterocycles. The number of fused-ring (bicyclic) bond motifs is 1. The van der Waals surface area contributed by atoms with Gasteiger partial charge in [0.2, 0.25) is 3.79 Å². The van der Waals surface area contributed by atoms with Gasteiger partial charge in [0, 0.05) is 10.4 Å². The largest absolute Gasteiger partial charge is 0.465 e. The molecule has 0 saturated carbocycles. The highest BCUT2D eigenvalue weighted by Crippen LogP contribution is 2.41. The van der Waals surface area contributed by atoms with Crippen molar-refractivity contribution in [3.8, 4) is 0 Å². The number of carbonyl (C=O) groups excluding carboxylic acids is 2. The molecule has 1 aromatic carbocycles. The van der Waals surface area contributed by atoms with E-state index in [1.54, 1.807) is 12.1 Å². The van der Waals surface area contributed by atoms with E-state index >= 15 is 0 Å². The van der Waals surface area contributed by atoms with Crippen LogP contribution in [0.15, 0.2) is 24.3 Å². The molecule has 1 heterocycles. The number of hydrogen-bond donors (Lipinski definition) is 2. The molecule has 150 valence electrons. The number of hydrogen-bond acceptors (Lipinski definition) is 5. The zero-order valence-electron chi connectivity index (χ0n) is 15.3. The van der Waals surface area contributed by atoms with Crippen LogP contribution in [0.4, 0.5) is 5.00 Å². The molecule has 0 fully saturated rings. The summed E-state index contributed by atoms with van der Waals surface area (Å²) < 4.78 is 3.09. The molecule has 1 unspecified atom stereocenters. The van der Waals surface area contributed by atoms with E-state index in [1.165, 1.54) is 18.4 Å². The standard InChI is InChI=1S/C19H19Cl3N2O3S/c1-10-6-3-4-7-11(10)15(25)23-18(19(20,21)22)24-16-14(17(26)27-2)12-8-5-9-13(12)28-16/h3-4,6-7,18,24H,5,8-9H2,1-2H3,(H,23,25). The number of rotatable bonds is 5. The summed E-state index contributed by atoms with van der Waals surface area (Å²) in [6, 6.07) is 7.12. The van der Waals surface area contributed by atoms with Gasteiger partial charge in [-0.25, -0.2) is 4.79 Å². The maximum Gasteiger partial charge on any atom is 0.341 e. The van der Waals surface area contributed by atoms with Crippen molar-refractivity contribution in [3.05, 3.63) is 51.4 Å². The number of alkyl halides is 3. The van der Waals surface area contributed by atoms with Crippen molar-refractivity contribution < 1.29 is 14.3 Å². The van der Waals surface area contributed by atoms with Crippen molar-refractivity contribution in [3.63, 3.8) is 0 Å². The average Bonchev–Trinajstić information content (AvgIpc) is 3.20. The van der Waals surface area contributed by atoms with E-state index in [0.717, 1.165) is 35.3 Å². The zero-order chi connectivity index (χ0) is 20.5. The summed E-state index contributed by atoms with van der Waals surface area (Å²) in [7, 11) is 1.33. The monoisotopic (exact) mass is 460 g/mol. The molecule has 0 radical (unpaired) electrons. The molecule has 2 aromatic rings. The summed E-state index contributed by atoms with van der Waals surface area (Å²) in [4.78, 5) is 26.2. The first-order chi connectivity index (χ1) is 13.2. The number of amides is 1. The van der Waals surface area contributed by atoms with Gasteiger partial charge >= 0.3 is 5.97 Å². The second-order valence-electron chi connectivity index (χ2n) is 6.46. The van der Waals surface area contributed by atoms with Gasteiger partial charge in [-0.3, -0.25) is 4.79 Å². The van der Waals surface area contributed by atoms with Crippen molar-refractivity contribution in [2.75, 3.05) is 12.4 Å². The van der Waals surface area contributed by atoms with E-state index < -0.39 is 15.9 Å². The fraction of sp³-hybridized carbons (Fsp3) is 0.368. The second-order valence-corrected chi connectivity index (χ2v) is 9.93. The van der Waals surface area contributed by atoms with Gasteiger partial charge < -0.3 is 15.4 Å². The molecule has 5 nitrogen and oxygen atoms in total. The summed E-state index contributed by atoms with van der Waals surface area (Å²) in [5, 5.41) is 6.29. The number of aryl methyl sites for hydroxylation is 2. The Morgan fingerprint density at radius 3 is 2.57 bits per heavy atom. The van der Waals surface area contributed by atoms with Crippen LogP contribution < -0.4 is 10.6 Å². The van der Waals surface area contributed by atoms with Gasteiger partial charge in [-0.15, -0.1) is 11.3 Å². The van der Waals surface area contributed by atoms with Crippen LogP contribution in [-0.4, -0.2) is 28.9 Å². The molecule has 2 N–H and O–H groups in total. The molecule has 9 heteroatoms. The molecule has 1 amide bonds. The van der Waals surface area contributed by atoms with Crippen LogP contribution in [-0.2, 0) is 17.6 Å². The molecule has 0 spiro atoms. The zero-order valence-corrected chi connectivity index (χ0v) is 18.4. The summed E-state index contributed by atoms with van der Waals surface area (Å²) in [5.41, 5.74) is 2.69. The van der Waals surface area contributed by atoms with Crippen LogP contribution in [0.3, 0.4) is 0 Å². The number of ether oxygens (including phenoxy) is 1. The van der Waals surface area contributed by atoms with Gasteiger partial charge in [0.1, 0.15) is 11.2 Å². The quantitative estimate of drug-likeness (QED) is 0.379. The predicted octanol–water partition coefficient (Wildman–Crippen LogP) is 4.87. The number of anilines is 1. The topological polar surface area (TPSA) is 67.4 Å². The molecule has 0 saturated heterocycles. The number of esters is 1. The fourth-order valence-corrected chi connectivity index (χ4v) is 4.82. The number of methoxy groups -OCH3 is 1. The molecule has 1 aliphatic rings. The normalized spacial score (nSPS) is 14.3. The van der Waals surface area contributed by atoms with E-state index in [1.807, 2.05) is 19.1 Å². The summed E-state index contributed by atoms with van der Waals surface area (Å²) >= 11 is 19.8. The highest BCUT2D eigenvalue weighted by Gasteiger charge is 2.37. The fourth-order valence-electron chi connectivity index (χ4n) is 3.19. The Morgan fingerprint density at radius 2 is 1.93 bits per heavy atom. The molecule has 1 aromatic heterocycles. The molecular formula is C19H19Cl3N2O3S. The van der Waals surface area contributed by atoms with Gasteiger partial charge in [0.25, 0.3) is 5.91 Å². The number of halogens is 3. The smallest absolute Gasteiger partial charge is 0.341 e. The van der Waals surface area contributed by atoms with Gasteiger partial charge in [-0.1, -0.05) is 53.0 Å². The molecule has 28 heavy (non-hydrogen) atoms. The average molecular weight is 462 g/mol. The third kappa shape index (κ3) is 4.40. The minimum atomic E-state index is -1.85. The first-order valence-corrected chi connectivity index (χ1v) is 10.6. The predicted molar refractivity (Wildman–Crippen MR) is 114 cm³/mol. The molecular weight excluding hydrogens is 443 g/mol. The van der Waals surface area contributed by atoms with E-state index in [-0.39, 0.29) is 5.91 Å². The molecule has 3 rings (SSSR count). The Bertz CT molecular complexity index is 908. The van der Waals surface area contributed by atoms with Crippen LogP contribution in [0.2, 0.25) is 0 Å². The maximum atomic E-state index is 12.7. The first-order valence-electron chi connectivity index (χ1n) is 8.65. The highest BCUT2D eigenvalue weighted by molar-refractivity contribution is 7.16. The lowest BCUT2D eigenvalue weighted by molar-refractivity contribution is 0.0601. The lowest BCUT2D eigenvalue weighted by Gasteiger charge is -2.27. The van der Waals surface area contributed by atoms with E-state index in [2.05, 4.69) is 10.6 Å². The Labute approximate surface area is 182 Å². The highest BCUT2D eigenvalue weighted by atomic mass is 35.6. The molecule has 0 bridgehead atoms. The maximum absolute atomic E-state index is 12.7. The minimum absolute atomic E-state index is 0.384. The molecule has 1 aliphatic carbocycles. The second kappa shape index (κ2) is 8.49. The van der Waals surface area contributed by atoms with Crippen molar-refractivity contribution in [1.82, 2.24) is 5.32 Å². The number of benzene rings is 1. The van der Waals surface area contributed by atoms with Crippen molar-refractivity contribution in [2.24, 2.45) is 0 Å². The Balaban J connectivity index is 1.90. The minimum Gasteiger partial charge on any atom is -0.465 e. The van der Waals surface area contributed by atoms with E-state index in [0.29, 0.717) is 16.1 Å². The summed E-state index contributed by atoms with van der Waals surface area (Å²) in [5.74, 6) is -0.833. The molecule has 1 atom stereocenters. The summed E-state index contributed by atoms with van der Waals surface area (Å²) in [6.07, 6.45) is 1.63. The van der Waals surface area contributed by atoms with Crippen molar-refractivity contribution >= 4 is 63.0 Å².